The van der Waals surface area contributed by atoms with Gasteiger partial charge in [-0.3, -0.25) is 4.79 Å². The molecule has 0 bridgehead atoms. The van der Waals surface area contributed by atoms with Gasteiger partial charge in [-0.15, -0.1) is 11.3 Å². The van der Waals surface area contributed by atoms with Crippen molar-refractivity contribution >= 4 is 33.9 Å². The Morgan fingerprint density at radius 3 is 2.56 bits per heavy atom. The van der Waals surface area contributed by atoms with Crippen LogP contribution < -0.4 is 16.4 Å². The molecule has 0 aliphatic heterocycles. The van der Waals surface area contributed by atoms with Gasteiger partial charge in [0.2, 0.25) is 0 Å². The predicted octanol–water partition coefficient (Wildman–Crippen LogP) is 1.30. The summed E-state index contributed by atoms with van der Waals surface area (Å²) in [5.41, 5.74) is 6.24. The minimum atomic E-state index is -0.522. The molecule has 4 N–H and O–H groups in total. The third kappa shape index (κ3) is 2.73. The van der Waals surface area contributed by atoms with E-state index in [4.69, 9.17) is 10.5 Å². The van der Waals surface area contributed by atoms with Crippen molar-refractivity contribution in [2.24, 2.45) is 0 Å². The number of thiophene rings is 1. The highest BCUT2D eigenvalue weighted by Crippen LogP contribution is 2.35. The van der Waals surface area contributed by atoms with E-state index in [1.807, 2.05) is 6.92 Å². The molecule has 0 aromatic carbocycles. The maximum atomic E-state index is 11.8. The summed E-state index contributed by atoms with van der Waals surface area (Å²) in [6.45, 7) is 4.28. The van der Waals surface area contributed by atoms with Gasteiger partial charge >= 0.3 is 5.97 Å². The summed E-state index contributed by atoms with van der Waals surface area (Å²) in [5, 5.41) is 6.04. The lowest BCUT2D eigenvalue weighted by Crippen LogP contribution is -2.22. The molecule has 7 heteroatoms. The summed E-state index contributed by atoms with van der Waals surface area (Å²) in [4.78, 5) is 23.9. The Balaban J connectivity index is 3.18. The van der Waals surface area contributed by atoms with E-state index >= 15 is 0 Å². The highest BCUT2D eigenvalue weighted by Gasteiger charge is 2.25. The Bertz CT molecular complexity index is 457. The van der Waals surface area contributed by atoms with Gasteiger partial charge in [0, 0.05) is 13.6 Å². The molecule has 100 valence electrons. The summed E-state index contributed by atoms with van der Waals surface area (Å²) >= 11 is 1.14. The molecule has 1 amide bonds. The third-order valence-corrected chi connectivity index (χ3v) is 3.42. The summed E-state index contributed by atoms with van der Waals surface area (Å²) in [5.74, 6) is -0.807. The Morgan fingerprint density at radius 2 is 2.06 bits per heavy atom. The second-order valence-electron chi connectivity index (χ2n) is 3.38. The molecule has 0 saturated carbocycles. The van der Waals surface area contributed by atoms with Crippen LogP contribution in [-0.4, -0.2) is 32.1 Å². The smallest absolute Gasteiger partial charge is 0.343 e. The molecule has 18 heavy (non-hydrogen) atoms. The Morgan fingerprint density at radius 1 is 1.39 bits per heavy atom. The number of nitrogens with two attached hydrogens (primary N) is 1. The van der Waals surface area contributed by atoms with Crippen LogP contribution >= 0.6 is 11.3 Å². The minimum absolute atomic E-state index is 0.161. The summed E-state index contributed by atoms with van der Waals surface area (Å²) < 4.78 is 4.92. The van der Waals surface area contributed by atoms with Crippen molar-refractivity contribution in [3.63, 3.8) is 0 Å². The van der Waals surface area contributed by atoms with E-state index in [9.17, 15) is 9.59 Å². The van der Waals surface area contributed by atoms with E-state index in [1.165, 1.54) is 0 Å². The number of anilines is 2. The number of nitrogens with one attached hydrogen (secondary N) is 2. The lowest BCUT2D eigenvalue weighted by Gasteiger charge is -2.04. The van der Waals surface area contributed by atoms with Crippen molar-refractivity contribution in [2.45, 2.75) is 13.8 Å². The highest BCUT2D eigenvalue weighted by molar-refractivity contribution is 7.19. The first-order chi connectivity index (χ1) is 8.56. The summed E-state index contributed by atoms with van der Waals surface area (Å²) in [6, 6.07) is 0. The quantitative estimate of drug-likeness (QED) is 0.702. The Labute approximate surface area is 110 Å². The van der Waals surface area contributed by atoms with Crippen LogP contribution in [0.25, 0.3) is 0 Å². The first-order valence-electron chi connectivity index (χ1n) is 5.62. The SMILES string of the molecule is CCNC(=O)c1sc(NC)c(C(=O)OCC)c1N. The van der Waals surface area contributed by atoms with E-state index in [1.54, 1.807) is 14.0 Å². The largest absolute Gasteiger partial charge is 0.462 e. The molecular formula is C11H17N3O3S. The molecular weight excluding hydrogens is 254 g/mol. The second-order valence-corrected chi connectivity index (χ2v) is 4.40. The second kappa shape index (κ2) is 6.25. The van der Waals surface area contributed by atoms with Crippen LogP contribution in [-0.2, 0) is 4.74 Å². The van der Waals surface area contributed by atoms with Crippen LogP contribution in [0.1, 0.15) is 33.9 Å². The van der Waals surface area contributed by atoms with Gasteiger partial charge in [-0.2, -0.15) is 0 Å². The number of hydrogen-bond acceptors (Lipinski definition) is 6. The summed E-state index contributed by atoms with van der Waals surface area (Å²) in [7, 11) is 1.66. The fourth-order valence-corrected chi connectivity index (χ4v) is 2.41. The number of nitrogen functional groups attached to an aromatic ring is 1. The number of rotatable bonds is 5. The zero-order chi connectivity index (χ0) is 13.7. The molecule has 0 unspecified atom stereocenters. The Kier molecular flexibility index (Phi) is 4.96. The van der Waals surface area contributed by atoms with Crippen molar-refractivity contribution < 1.29 is 14.3 Å². The van der Waals surface area contributed by atoms with Gasteiger partial charge < -0.3 is 21.1 Å². The van der Waals surface area contributed by atoms with Crippen molar-refractivity contribution in [1.82, 2.24) is 5.32 Å². The van der Waals surface area contributed by atoms with Gasteiger partial charge in [-0.25, -0.2) is 4.79 Å². The van der Waals surface area contributed by atoms with Crippen LogP contribution in [0.4, 0.5) is 10.7 Å². The van der Waals surface area contributed by atoms with E-state index in [2.05, 4.69) is 10.6 Å². The van der Waals surface area contributed by atoms with Crippen LogP contribution in [0.2, 0.25) is 0 Å². The van der Waals surface area contributed by atoms with Crippen molar-refractivity contribution in [3.05, 3.63) is 10.4 Å². The van der Waals surface area contributed by atoms with Crippen LogP contribution in [0.5, 0.6) is 0 Å². The fourth-order valence-electron chi connectivity index (χ4n) is 1.44. The third-order valence-electron chi connectivity index (χ3n) is 2.20. The standard InChI is InChI=1S/C11H17N3O3S/c1-4-14-9(15)8-7(12)6(10(13-3)18-8)11(16)17-5-2/h13H,4-5,12H2,1-3H3,(H,14,15). The zero-order valence-electron chi connectivity index (χ0n) is 10.6. The maximum Gasteiger partial charge on any atom is 0.343 e. The van der Waals surface area contributed by atoms with E-state index in [0.29, 0.717) is 16.4 Å². The number of esters is 1. The lowest BCUT2D eigenvalue weighted by atomic mass is 10.2. The molecule has 0 saturated heterocycles. The van der Waals surface area contributed by atoms with Gasteiger partial charge in [0.05, 0.1) is 12.3 Å². The highest BCUT2D eigenvalue weighted by atomic mass is 32.1. The molecule has 1 heterocycles. The zero-order valence-corrected chi connectivity index (χ0v) is 11.4. The maximum absolute atomic E-state index is 11.8. The van der Waals surface area contributed by atoms with Crippen molar-refractivity contribution in [2.75, 3.05) is 31.2 Å². The van der Waals surface area contributed by atoms with Gasteiger partial charge in [0.1, 0.15) is 15.4 Å². The molecule has 1 rings (SSSR count). The molecule has 0 aliphatic carbocycles. The van der Waals surface area contributed by atoms with Gasteiger partial charge in [-0.05, 0) is 13.8 Å². The first-order valence-corrected chi connectivity index (χ1v) is 6.43. The van der Waals surface area contributed by atoms with Gasteiger partial charge in [0.25, 0.3) is 5.91 Å². The summed E-state index contributed by atoms with van der Waals surface area (Å²) in [6.07, 6.45) is 0. The molecule has 6 nitrogen and oxygen atoms in total. The van der Waals surface area contributed by atoms with Crippen LogP contribution in [0, 0.1) is 0 Å². The van der Waals surface area contributed by atoms with E-state index in [-0.39, 0.29) is 23.8 Å². The molecule has 1 aromatic rings. The monoisotopic (exact) mass is 271 g/mol. The normalized spacial score (nSPS) is 9.94. The number of hydrogen-bond donors (Lipinski definition) is 3. The molecule has 0 fully saturated rings. The van der Waals surface area contributed by atoms with Gasteiger partial charge in [-0.1, -0.05) is 0 Å². The number of ether oxygens (including phenoxy) is 1. The molecule has 0 spiro atoms. The number of amides is 1. The fraction of sp³-hybridized carbons (Fsp3) is 0.455. The molecule has 1 aromatic heterocycles. The number of carbonyl (C=O) groups is 2. The minimum Gasteiger partial charge on any atom is -0.462 e. The topological polar surface area (TPSA) is 93.5 Å². The van der Waals surface area contributed by atoms with Crippen LogP contribution in [0.3, 0.4) is 0 Å². The molecule has 0 atom stereocenters. The molecule has 0 radical (unpaired) electrons. The number of carbonyl (C=O) groups excluding carboxylic acids is 2. The van der Waals surface area contributed by atoms with Gasteiger partial charge in [0.15, 0.2) is 0 Å². The van der Waals surface area contributed by atoms with E-state index in [0.717, 1.165) is 11.3 Å². The average Bonchev–Trinajstić information content (AvgIpc) is 2.67. The lowest BCUT2D eigenvalue weighted by molar-refractivity contribution is 0.0529. The van der Waals surface area contributed by atoms with Crippen molar-refractivity contribution in [1.29, 1.82) is 0 Å². The van der Waals surface area contributed by atoms with Crippen LogP contribution in [0.15, 0.2) is 0 Å². The predicted molar refractivity (Wildman–Crippen MR) is 72.2 cm³/mol. The first kappa shape index (κ1) is 14.3. The van der Waals surface area contributed by atoms with E-state index < -0.39 is 5.97 Å². The Hall–Kier alpha value is -1.76. The molecule has 0 aliphatic rings. The van der Waals surface area contributed by atoms with Crippen molar-refractivity contribution in [3.8, 4) is 0 Å². The average molecular weight is 271 g/mol.